The molecule has 1 fully saturated rings. The zero-order valence-electron chi connectivity index (χ0n) is 10.6. The average molecular weight is 280 g/mol. The highest BCUT2D eigenvalue weighted by Gasteiger charge is 2.33. The van der Waals surface area contributed by atoms with Crippen molar-refractivity contribution in [3.05, 3.63) is 28.8 Å². The largest absolute Gasteiger partial charge is 0.348 e. The Hall–Kier alpha value is -1.40. The molecule has 1 aliphatic heterocycles. The second-order valence-corrected chi connectivity index (χ2v) is 6.94. The van der Waals surface area contributed by atoms with Crippen LogP contribution in [0.3, 0.4) is 0 Å². The van der Waals surface area contributed by atoms with Crippen LogP contribution in [-0.4, -0.2) is 14.3 Å². The maximum Gasteiger partial charge on any atom is 0.253 e. The molecule has 0 saturated heterocycles. The van der Waals surface area contributed by atoms with Crippen molar-refractivity contribution in [2.45, 2.75) is 37.1 Å². The van der Waals surface area contributed by atoms with Gasteiger partial charge in [0.05, 0.1) is 10.5 Å². The van der Waals surface area contributed by atoms with Gasteiger partial charge in [-0.05, 0) is 41.9 Å². The predicted octanol–water partition coefficient (Wildman–Crippen LogP) is 1.09. The third-order valence-corrected chi connectivity index (χ3v) is 4.97. The number of sulfonamides is 1. The molecule has 1 saturated carbocycles. The summed E-state index contributed by atoms with van der Waals surface area (Å²) in [6.07, 6.45) is 2.36. The zero-order chi connectivity index (χ0) is 13.8. The summed E-state index contributed by atoms with van der Waals surface area (Å²) < 4.78 is 23.4. The molecule has 1 amide bonds. The van der Waals surface area contributed by atoms with Gasteiger partial charge in [0.15, 0.2) is 0 Å². The van der Waals surface area contributed by atoms with E-state index in [4.69, 9.17) is 5.14 Å². The first-order chi connectivity index (χ1) is 8.88. The fourth-order valence-electron chi connectivity index (χ4n) is 2.71. The Bertz CT molecular complexity index is 663. The van der Waals surface area contributed by atoms with Crippen molar-refractivity contribution >= 4 is 15.9 Å². The molecule has 0 radical (unpaired) electrons. The van der Waals surface area contributed by atoms with Crippen molar-refractivity contribution in [1.29, 1.82) is 0 Å². The van der Waals surface area contributed by atoms with Crippen LogP contribution < -0.4 is 10.5 Å². The Morgan fingerprint density at radius 1 is 1.37 bits per heavy atom. The Labute approximate surface area is 112 Å². The van der Waals surface area contributed by atoms with Gasteiger partial charge in [0.1, 0.15) is 0 Å². The summed E-state index contributed by atoms with van der Waals surface area (Å²) in [6, 6.07) is 3.51. The first-order valence-corrected chi connectivity index (χ1v) is 7.90. The quantitative estimate of drug-likeness (QED) is 0.868. The molecule has 2 aliphatic rings. The minimum atomic E-state index is -3.88. The van der Waals surface area contributed by atoms with Crippen LogP contribution in [0.5, 0.6) is 0 Å². The van der Waals surface area contributed by atoms with E-state index in [-0.39, 0.29) is 16.4 Å². The molecule has 5 nitrogen and oxygen atoms in total. The number of hydrogen-bond acceptors (Lipinski definition) is 3. The number of hydrogen-bond donors (Lipinski definition) is 2. The minimum absolute atomic E-state index is 0.0394. The van der Waals surface area contributed by atoms with E-state index in [1.807, 2.05) is 6.07 Å². The second kappa shape index (κ2) is 4.05. The molecule has 1 aromatic carbocycles. The lowest BCUT2D eigenvalue weighted by molar-refractivity contribution is 0.0963. The van der Waals surface area contributed by atoms with Crippen molar-refractivity contribution in [2.24, 2.45) is 11.1 Å². The fraction of sp³-hybridized carbons (Fsp3) is 0.462. The summed E-state index contributed by atoms with van der Waals surface area (Å²) in [5.41, 5.74) is 1.91. The third-order valence-electron chi connectivity index (χ3n) is 4.03. The number of fused-ring (bicyclic) bond motifs is 1. The van der Waals surface area contributed by atoms with Crippen LogP contribution in [-0.2, 0) is 16.6 Å². The number of nitrogens with one attached hydrogen (secondary N) is 1. The summed E-state index contributed by atoms with van der Waals surface area (Å²) in [6.45, 7) is 2.47. The van der Waals surface area contributed by atoms with Crippen LogP contribution in [0, 0.1) is 5.92 Å². The minimum Gasteiger partial charge on any atom is -0.348 e. The molecule has 6 heteroatoms. The highest BCUT2D eigenvalue weighted by atomic mass is 32.2. The van der Waals surface area contributed by atoms with Crippen LogP contribution in [0.1, 0.15) is 47.2 Å². The van der Waals surface area contributed by atoms with Gasteiger partial charge in [0.25, 0.3) is 5.91 Å². The molecule has 102 valence electrons. The SMILES string of the molecule is CC(c1cc2c(c(S(N)(=O)=O)c1)C(=O)NC2)C1CC1. The number of nitrogens with two attached hydrogens (primary N) is 1. The monoisotopic (exact) mass is 280 g/mol. The maximum atomic E-state index is 11.7. The van der Waals surface area contributed by atoms with Gasteiger partial charge in [-0.2, -0.15) is 0 Å². The van der Waals surface area contributed by atoms with Gasteiger partial charge in [-0.3, -0.25) is 4.79 Å². The van der Waals surface area contributed by atoms with Gasteiger partial charge in [-0.15, -0.1) is 0 Å². The molecule has 3 N–H and O–H groups in total. The molecule has 0 bridgehead atoms. The van der Waals surface area contributed by atoms with Gasteiger partial charge in [-0.1, -0.05) is 13.0 Å². The first-order valence-electron chi connectivity index (χ1n) is 6.35. The van der Waals surface area contributed by atoms with Crippen molar-refractivity contribution in [3.63, 3.8) is 0 Å². The van der Waals surface area contributed by atoms with Gasteiger partial charge >= 0.3 is 0 Å². The van der Waals surface area contributed by atoms with E-state index in [0.717, 1.165) is 11.1 Å². The molecule has 19 heavy (non-hydrogen) atoms. The number of carbonyl (C=O) groups is 1. The summed E-state index contributed by atoms with van der Waals surface area (Å²) >= 11 is 0. The van der Waals surface area contributed by atoms with Gasteiger partial charge < -0.3 is 5.32 Å². The van der Waals surface area contributed by atoms with Gasteiger partial charge in [0, 0.05) is 6.54 Å². The van der Waals surface area contributed by atoms with E-state index in [1.165, 1.54) is 12.8 Å². The van der Waals surface area contributed by atoms with Crippen LogP contribution in [0.25, 0.3) is 0 Å². The molecule has 3 rings (SSSR count). The summed E-state index contributed by atoms with van der Waals surface area (Å²) in [5, 5.41) is 7.89. The molecule has 1 atom stereocenters. The molecule has 1 heterocycles. The van der Waals surface area contributed by atoms with Crippen LogP contribution in [0.4, 0.5) is 0 Å². The van der Waals surface area contributed by atoms with E-state index in [1.54, 1.807) is 6.07 Å². The lowest BCUT2D eigenvalue weighted by Crippen LogP contribution is -2.19. The van der Waals surface area contributed by atoms with Gasteiger partial charge in [-0.25, -0.2) is 13.6 Å². The first kappa shape index (κ1) is 12.6. The topological polar surface area (TPSA) is 89.3 Å². The molecule has 0 aromatic heterocycles. The summed E-state index contributed by atoms with van der Waals surface area (Å²) in [5.74, 6) is 0.572. The molecule has 1 aromatic rings. The number of rotatable bonds is 3. The molecule has 1 aliphatic carbocycles. The van der Waals surface area contributed by atoms with E-state index in [0.29, 0.717) is 18.4 Å². The highest BCUT2D eigenvalue weighted by Crippen LogP contribution is 2.43. The van der Waals surface area contributed by atoms with Gasteiger partial charge in [0.2, 0.25) is 10.0 Å². The van der Waals surface area contributed by atoms with E-state index >= 15 is 0 Å². The van der Waals surface area contributed by atoms with Crippen molar-refractivity contribution in [1.82, 2.24) is 5.32 Å². The van der Waals surface area contributed by atoms with E-state index < -0.39 is 10.0 Å². The molecular weight excluding hydrogens is 264 g/mol. The number of carbonyl (C=O) groups excluding carboxylic acids is 1. The predicted molar refractivity (Wildman–Crippen MR) is 70.1 cm³/mol. The Morgan fingerprint density at radius 3 is 2.63 bits per heavy atom. The van der Waals surface area contributed by atoms with Crippen LogP contribution in [0.15, 0.2) is 17.0 Å². The molecular formula is C13H16N2O3S. The number of primary sulfonamides is 1. The average Bonchev–Trinajstić information content (AvgIpc) is 3.11. The van der Waals surface area contributed by atoms with Crippen molar-refractivity contribution in [3.8, 4) is 0 Å². The van der Waals surface area contributed by atoms with Crippen molar-refractivity contribution < 1.29 is 13.2 Å². The molecule has 1 unspecified atom stereocenters. The normalized spacial score (nSPS) is 20.0. The van der Waals surface area contributed by atoms with Crippen LogP contribution in [0.2, 0.25) is 0 Å². The second-order valence-electron chi connectivity index (χ2n) is 5.41. The maximum absolute atomic E-state index is 11.7. The smallest absolute Gasteiger partial charge is 0.253 e. The standard InChI is InChI=1S/C13H16N2O3S/c1-7(8-2-3-8)9-4-10-6-15-13(16)12(10)11(5-9)19(14,17)18/h4-5,7-8H,2-3,6H2,1H3,(H,15,16)(H2,14,17,18). The third kappa shape index (κ3) is 2.15. The van der Waals surface area contributed by atoms with Crippen LogP contribution >= 0.6 is 0 Å². The lowest BCUT2D eigenvalue weighted by Gasteiger charge is -2.14. The number of amides is 1. The fourth-order valence-corrected chi connectivity index (χ4v) is 3.52. The highest BCUT2D eigenvalue weighted by molar-refractivity contribution is 7.89. The van der Waals surface area contributed by atoms with E-state index in [2.05, 4.69) is 12.2 Å². The summed E-state index contributed by atoms with van der Waals surface area (Å²) in [4.78, 5) is 11.7. The number of benzene rings is 1. The van der Waals surface area contributed by atoms with Crippen molar-refractivity contribution in [2.75, 3.05) is 0 Å². The summed E-state index contributed by atoms with van der Waals surface area (Å²) in [7, 11) is -3.88. The lowest BCUT2D eigenvalue weighted by atomic mass is 9.93. The Kier molecular flexibility index (Phi) is 2.69. The Morgan fingerprint density at radius 2 is 2.05 bits per heavy atom. The Balaban J connectivity index is 2.18. The van der Waals surface area contributed by atoms with E-state index in [9.17, 15) is 13.2 Å². The molecule has 0 spiro atoms. The zero-order valence-corrected chi connectivity index (χ0v) is 11.5.